The Bertz CT molecular complexity index is 243. The van der Waals surface area contributed by atoms with Crippen molar-refractivity contribution in [3.63, 3.8) is 0 Å². The molecule has 0 bridgehead atoms. The largest absolute Gasteiger partial charge is 0.355 e. The number of hydrogen-bond acceptors (Lipinski definition) is 1. The van der Waals surface area contributed by atoms with Crippen LogP contribution in [-0.2, 0) is 6.42 Å². The maximum absolute atomic E-state index is 6.82. The second-order valence-electron chi connectivity index (χ2n) is 2.54. The van der Waals surface area contributed by atoms with Gasteiger partial charge < -0.3 is 5.32 Å². The third-order valence-corrected chi connectivity index (χ3v) is 1.56. The van der Waals surface area contributed by atoms with Gasteiger partial charge in [-0.15, -0.1) is 0 Å². The second-order valence-corrected chi connectivity index (χ2v) is 2.54. The van der Waals surface area contributed by atoms with Crippen LogP contribution in [0.5, 0.6) is 0 Å². The third kappa shape index (κ3) is 3.05. The Morgan fingerprint density at radius 3 is 2.50 bits per heavy atom. The van der Waals surface area contributed by atoms with Gasteiger partial charge in [0.1, 0.15) is 0 Å². The van der Waals surface area contributed by atoms with E-state index in [1.807, 2.05) is 30.3 Å². The molecule has 0 amide bonds. The fourth-order valence-corrected chi connectivity index (χ4v) is 0.977. The molecule has 0 atom stereocenters. The van der Waals surface area contributed by atoms with Crippen molar-refractivity contribution in [1.82, 2.24) is 11.1 Å². The maximum Gasteiger partial charge on any atom is 0.207 e. The van der Waals surface area contributed by atoms with E-state index in [1.54, 1.807) is 0 Å². The van der Waals surface area contributed by atoms with Crippen molar-refractivity contribution < 1.29 is 0 Å². The van der Waals surface area contributed by atoms with Gasteiger partial charge in [0.25, 0.3) is 0 Å². The van der Waals surface area contributed by atoms with E-state index in [9.17, 15) is 0 Å². The van der Waals surface area contributed by atoms with Gasteiger partial charge in [-0.3, -0.25) is 11.1 Å². The number of benzene rings is 1. The summed E-state index contributed by atoms with van der Waals surface area (Å²) in [6.07, 6.45) is 0.863. The summed E-state index contributed by atoms with van der Waals surface area (Å²) in [5.41, 5.74) is 8.04. The van der Waals surface area contributed by atoms with Crippen LogP contribution in [0.15, 0.2) is 30.3 Å². The molecule has 1 aromatic rings. The van der Waals surface area contributed by atoms with Gasteiger partial charge >= 0.3 is 0 Å². The normalized spacial score (nSPS) is 9.33. The fraction of sp³-hybridized carbons (Fsp3) is 0.222. The minimum absolute atomic E-state index is 0.217. The highest BCUT2D eigenvalue weighted by atomic mass is 15.0. The number of guanidine groups is 1. The molecule has 0 fully saturated rings. The fourth-order valence-electron chi connectivity index (χ4n) is 0.977. The molecule has 3 nitrogen and oxygen atoms in total. The lowest BCUT2D eigenvalue weighted by Crippen LogP contribution is -2.25. The van der Waals surface area contributed by atoms with Gasteiger partial charge in [0.05, 0.1) is 0 Å². The zero-order valence-electron chi connectivity index (χ0n) is 6.80. The molecule has 3 heteroatoms. The molecule has 63 valence electrons. The molecule has 0 saturated heterocycles. The van der Waals surface area contributed by atoms with E-state index in [2.05, 4.69) is 5.32 Å². The lowest BCUT2D eigenvalue weighted by atomic mass is 10.1. The third-order valence-electron chi connectivity index (χ3n) is 1.56. The number of hydrogen-bond donors (Lipinski definition) is 2. The first kappa shape index (κ1) is 8.59. The molecule has 3 N–H and O–H groups in total. The van der Waals surface area contributed by atoms with Crippen LogP contribution in [0.4, 0.5) is 0 Å². The molecular formula is C9H12N3. The lowest BCUT2D eigenvalue weighted by molar-refractivity contribution is 0.851. The van der Waals surface area contributed by atoms with Crippen molar-refractivity contribution in [3.05, 3.63) is 35.9 Å². The van der Waals surface area contributed by atoms with Crippen molar-refractivity contribution in [3.8, 4) is 0 Å². The minimum Gasteiger partial charge on any atom is -0.355 e. The summed E-state index contributed by atoms with van der Waals surface area (Å²) in [5.74, 6) is -0.217. The van der Waals surface area contributed by atoms with Crippen molar-refractivity contribution >= 4 is 5.96 Å². The summed E-state index contributed by atoms with van der Waals surface area (Å²) in [6.45, 7) is 0.659. The van der Waals surface area contributed by atoms with Crippen molar-refractivity contribution in [2.75, 3.05) is 6.54 Å². The van der Waals surface area contributed by atoms with Gasteiger partial charge in [0.2, 0.25) is 5.96 Å². The van der Waals surface area contributed by atoms with E-state index >= 15 is 0 Å². The average Bonchev–Trinajstić information content (AvgIpc) is 2.05. The van der Waals surface area contributed by atoms with Gasteiger partial charge in [-0.1, -0.05) is 30.3 Å². The molecule has 1 radical (unpaired) electrons. The highest BCUT2D eigenvalue weighted by Crippen LogP contribution is 1.97. The molecule has 0 saturated carbocycles. The summed E-state index contributed by atoms with van der Waals surface area (Å²) < 4.78 is 0. The van der Waals surface area contributed by atoms with Crippen LogP contribution in [0, 0.1) is 5.41 Å². The van der Waals surface area contributed by atoms with Crippen molar-refractivity contribution in [2.24, 2.45) is 0 Å². The molecule has 0 aliphatic rings. The Labute approximate surface area is 72.1 Å². The van der Waals surface area contributed by atoms with E-state index in [-0.39, 0.29) is 5.96 Å². The van der Waals surface area contributed by atoms with Crippen molar-refractivity contribution in [1.29, 1.82) is 5.41 Å². The van der Waals surface area contributed by atoms with Crippen molar-refractivity contribution in [2.45, 2.75) is 6.42 Å². The van der Waals surface area contributed by atoms with E-state index in [0.717, 1.165) is 6.42 Å². The highest BCUT2D eigenvalue weighted by Gasteiger charge is 1.91. The average molecular weight is 162 g/mol. The number of rotatable bonds is 3. The standard InChI is InChI=1S/C9H12N3/c10-9(11)12-7-6-8-4-2-1-3-5-8/h1-5,10H,6-7H2,(H2,11,12). The Kier molecular flexibility index (Phi) is 3.14. The van der Waals surface area contributed by atoms with Gasteiger partial charge in [-0.05, 0) is 12.0 Å². The maximum atomic E-state index is 6.82. The van der Waals surface area contributed by atoms with Crippen LogP contribution < -0.4 is 11.1 Å². The Hall–Kier alpha value is -1.51. The summed E-state index contributed by atoms with van der Waals surface area (Å²) in [6, 6.07) is 10.0. The number of nitrogens with one attached hydrogen (secondary N) is 3. The lowest BCUT2D eigenvalue weighted by Gasteiger charge is -2.01. The van der Waals surface area contributed by atoms with Crippen LogP contribution in [0.2, 0.25) is 0 Å². The molecule has 0 aliphatic carbocycles. The highest BCUT2D eigenvalue weighted by molar-refractivity contribution is 5.73. The summed E-state index contributed by atoms with van der Waals surface area (Å²) in [4.78, 5) is 0. The second kappa shape index (κ2) is 4.38. The van der Waals surface area contributed by atoms with Crippen LogP contribution in [-0.4, -0.2) is 12.5 Å². The van der Waals surface area contributed by atoms with Crippen LogP contribution in [0.1, 0.15) is 5.56 Å². The van der Waals surface area contributed by atoms with Crippen LogP contribution in [0.25, 0.3) is 0 Å². The zero-order chi connectivity index (χ0) is 8.81. The monoisotopic (exact) mass is 162 g/mol. The molecule has 12 heavy (non-hydrogen) atoms. The molecule has 1 aromatic carbocycles. The summed E-state index contributed by atoms with van der Waals surface area (Å²) in [7, 11) is 0. The molecule has 0 aromatic heterocycles. The first-order chi connectivity index (χ1) is 5.79. The van der Waals surface area contributed by atoms with E-state index < -0.39 is 0 Å². The molecule has 1 rings (SSSR count). The predicted molar refractivity (Wildman–Crippen MR) is 49.0 cm³/mol. The molecule has 0 heterocycles. The van der Waals surface area contributed by atoms with Gasteiger partial charge in [0.15, 0.2) is 0 Å². The Morgan fingerprint density at radius 1 is 1.25 bits per heavy atom. The minimum atomic E-state index is -0.217. The first-order valence-electron chi connectivity index (χ1n) is 3.87. The SMILES string of the molecule is [NH]C(=N)NCCc1ccccc1. The zero-order valence-corrected chi connectivity index (χ0v) is 6.80. The topological polar surface area (TPSA) is 59.7 Å². The summed E-state index contributed by atoms with van der Waals surface area (Å²) >= 11 is 0. The van der Waals surface area contributed by atoms with E-state index in [0.29, 0.717) is 6.54 Å². The van der Waals surface area contributed by atoms with Crippen LogP contribution in [0.3, 0.4) is 0 Å². The predicted octanol–water partition coefficient (Wildman–Crippen LogP) is 1.04. The molecule has 0 aliphatic heterocycles. The molecular weight excluding hydrogens is 150 g/mol. The van der Waals surface area contributed by atoms with E-state index in [4.69, 9.17) is 11.1 Å². The van der Waals surface area contributed by atoms with E-state index in [1.165, 1.54) is 5.56 Å². The van der Waals surface area contributed by atoms with Gasteiger partial charge in [0, 0.05) is 6.54 Å². The van der Waals surface area contributed by atoms with Crippen LogP contribution >= 0.6 is 0 Å². The Morgan fingerprint density at radius 2 is 1.92 bits per heavy atom. The summed E-state index contributed by atoms with van der Waals surface area (Å²) in [5, 5.41) is 9.46. The Balaban J connectivity index is 2.29. The first-order valence-corrected chi connectivity index (χ1v) is 3.87. The van der Waals surface area contributed by atoms with Gasteiger partial charge in [-0.25, -0.2) is 0 Å². The van der Waals surface area contributed by atoms with Gasteiger partial charge in [-0.2, -0.15) is 0 Å². The quantitative estimate of drug-likeness (QED) is 0.506. The smallest absolute Gasteiger partial charge is 0.207 e. The molecule has 0 unspecified atom stereocenters. The molecule has 0 spiro atoms.